The molecule has 0 amide bonds. The number of aromatic nitrogens is 1. The van der Waals surface area contributed by atoms with Crippen LogP contribution in [0.15, 0.2) is 39.4 Å². The summed E-state index contributed by atoms with van der Waals surface area (Å²) in [5.74, 6) is 0.972. The molecule has 0 aliphatic rings. The molecule has 0 saturated heterocycles. The molecule has 2 nitrogen and oxygen atoms in total. The van der Waals surface area contributed by atoms with E-state index in [1.807, 2.05) is 24.3 Å². The van der Waals surface area contributed by atoms with Crippen LogP contribution in [0.1, 0.15) is 5.69 Å². The van der Waals surface area contributed by atoms with Crippen LogP contribution in [0.2, 0.25) is 0 Å². The Hall–Kier alpha value is -0.800. The molecule has 0 radical (unpaired) electrons. The third-order valence-electron chi connectivity index (χ3n) is 1.76. The summed E-state index contributed by atoms with van der Waals surface area (Å²) in [6, 6.07) is 7.78. The van der Waals surface area contributed by atoms with Crippen molar-refractivity contribution in [2.24, 2.45) is 0 Å². The summed E-state index contributed by atoms with van der Waals surface area (Å²) < 4.78 is 6.28. The number of hydrogen-bond donors (Lipinski definition) is 0. The minimum absolute atomic E-state index is 0.373. The molecule has 14 heavy (non-hydrogen) atoms. The van der Waals surface area contributed by atoms with Crippen LogP contribution >= 0.6 is 27.5 Å². The first-order valence-corrected chi connectivity index (χ1v) is 5.38. The van der Waals surface area contributed by atoms with Gasteiger partial charge in [0.1, 0.15) is 6.26 Å². The first-order chi connectivity index (χ1) is 6.79. The second-order valence-electron chi connectivity index (χ2n) is 2.79. The second kappa shape index (κ2) is 4.15. The monoisotopic (exact) mass is 271 g/mol. The van der Waals surface area contributed by atoms with Crippen LogP contribution in [0, 0.1) is 0 Å². The minimum atomic E-state index is 0.373. The van der Waals surface area contributed by atoms with E-state index >= 15 is 0 Å². The van der Waals surface area contributed by atoms with E-state index in [0.29, 0.717) is 11.8 Å². The zero-order valence-corrected chi connectivity index (χ0v) is 9.55. The van der Waals surface area contributed by atoms with Crippen LogP contribution in [0.4, 0.5) is 0 Å². The third-order valence-corrected chi connectivity index (χ3v) is 2.53. The molecule has 0 spiro atoms. The van der Waals surface area contributed by atoms with Gasteiger partial charge in [0.2, 0.25) is 5.89 Å². The first kappa shape index (κ1) is 9.74. The van der Waals surface area contributed by atoms with Crippen molar-refractivity contribution in [1.29, 1.82) is 0 Å². The topological polar surface area (TPSA) is 26.0 Å². The molecule has 1 aromatic carbocycles. The van der Waals surface area contributed by atoms with Gasteiger partial charge in [0, 0.05) is 10.0 Å². The SMILES string of the molecule is ClCc1coc(-c2cccc(Br)c2)n1. The highest BCUT2D eigenvalue weighted by Crippen LogP contribution is 2.22. The highest BCUT2D eigenvalue weighted by molar-refractivity contribution is 9.10. The van der Waals surface area contributed by atoms with Crippen LogP contribution in [0.25, 0.3) is 11.5 Å². The number of nitrogens with zero attached hydrogens (tertiary/aromatic N) is 1. The van der Waals surface area contributed by atoms with Gasteiger partial charge in [-0.3, -0.25) is 0 Å². The maximum absolute atomic E-state index is 5.63. The fraction of sp³-hybridized carbons (Fsp3) is 0.100. The van der Waals surface area contributed by atoms with Crippen LogP contribution in [0.3, 0.4) is 0 Å². The van der Waals surface area contributed by atoms with E-state index in [1.165, 1.54) is 0 Å². The van der Waals surface area contributed by atoms with Crippen molar-refractivity contribution in [2.45, 2.75) is 5.88 Å². The van der Waals surface area contributed by atoms with E-state index in [4.69, 9.17) is 16.0 Å². The number of benzene rings is 1. The van der Waals surface area contributed by atoms with Crippen molar-refractivity contribution in [3.8, 4) is 11.5 Å². The number of hydrogen-bond acceptors (Lipinski definition) is 2. The molecule has 4 heteroatoms. The van der Waals surface area contributed by atoms with E-state index in [1.54, 1.807) is 6.26 Å². The van der Waals surface area contributed by atoms with Crippen LogP contribution in [-0.4, -0.2) is 4.98 Å². The predicted octanol–water partition coefficient (Wildman–Crippen LogP) is 3.84. The lowest BCUT2D eigenvalue weighted by Gasteiger charge is -1.94. The van der Waals surface area contributed by atoms with E-state index in [-0.39, 0.29) is 0 Å². The smallest absolute Gasteiger partial charge is 0.226 e. The van der Waals surface area contributed by atoms with Gasteiger partial charge in [-0.05, 0) is 18.2 Å². The molecule has 0 aliphatic heterocycles. The van der Waals surface area contributed by atoms with Gasteiger partial charge in [0.05, 0.1) is 11.6 Å². The zero-order chi connectivity index (χ0) is 9.97. The molecule has 1 heterocycles. The summed E-state index contributed by atoms with van der Waals surface area (Å²) in [5.41, 5.74) is 1.69. The summed E-state index contributed by atoms with van der Waals surface area (Å²) in [7, 11) is 0. The van der Waals surface area contributed by atoms with Crippen molar-refractivity contribution in [3.05, 3.63) is 40.7 Å². The fourth-order valence-electron chi connectivity index (χ4n) is 1.12. The second-order valence-corrected chi connectivity index (χ2v) is 3.97. The lowest BCUT2D eigenvalue weighted by Crippen LogP contribution is -1.79. The summed E-state index contributed by atoms with van der Waals surface area (Å²) in [5, 5.41) is 0. The molecule has 0 aliphatic carbocycles. The number of rotatable bonds is 2. The summed E-state index contributed by atoms with van der Waals surface area (Å²) in [4.78, 5) is 4.22. The third kappa shape index (κ3) is 1.99. The Balaban J connectivity index is 2.39. The molecular weight excluding hydrogens is 265 g/mol. The molecule has 1 aromatic heterocycles. The Kier molecular flexibility index (Phi) is 2.89. The van der Waals surface area contributed by atoms with E-state index in [2.05, 4.69) is 20.9 Å². The lowest BCUT2D eigenvalue weighted by atomic mass is 10.2. The van der Waals surface area contributed by atoms with Crippen molar-refractivity contribution in [1.82, 2.24) is 4.98 Å². The quantitative estimate of drug-likeness (QED) is 0.776. The van der Waals surface area contributed by atoms with Gasteiger partial charge >= 0.3 is 0 Å². The van der Waals surface area contributed by atoms with Crippen molar-refractivity contribution in [3.63, 3.8) is 0 Å². The van der Waals surface area contributed by atoms with Gasteiger partial charge in [-0.15, -0.1) is 11.6 Å². The molecular formula is C10H7BrClNO. The van der Waals surface area contributed by atoms with Gasteiger partial charge in [-0.2, -0.15) is 0 Å². The molecule has 2 rings (SSSR count). The summed E-state index contributed by atoms with van der Waals surface area (Å²) >= 11 is 9.02. The van der Waals surface area contributed by atoms with Gasteiger partial charge in [0.25, 0.3) is 0 Å². The summed E-state index contributed by atoms with van der Waals surface area (Å²) in [6.45, 7) is 0. The van der Waals surface area contributed by atoms with Crippen LogP contribution < -0.4 is 0 Å². The highest BCUT2D eigenvalue weighted by atomic mass is 79.9. The number of alkyl halides is 1. The molecule has 0 fully saturated rings. The molecule has 0 bridgehead atoms. The van der Waals surface area contributed by atoms with Crippen molar-refractivity contribution >= 4 is 27.5 Å². The number of halogens is 2. The molecule has 2 aromatic rings. The highest BCUT2D eigenvalue weighted by Gasteiger charge is 2.05. The Bertz CT molecular complexity index is 441. The van der Waals surface area contributed by atoms with Gasteiger partial charge in [-0.1, -0.05) is 22.0 Å². The summed E-state index contributed by atoms with van der Waals surface area (Å²) in [6.07, 6.45) is 1.57. The Morgan fingerprint density at radius 1 is 1.43 bits per heavy atom. The largest absolute Gasteiger partial charge is 0.444 e. The Morgan fingerprint density at radius 3 is 2.93 bits per heavy atom. The molecule has 0 unspecified atom stereocenters. The number of oxazole rings is 1. The lowest BCUT2D eigenvalue weighted by molar-refractivity contribution is 0.573. The van der Waals surface area contributed by atoms with E-state index in [9.17, 15) is 0 Å². The fourth-order valence-corrected chi connectivity index (χ4v) is 1.64. The van der Waals surface area contributed by atoms with E-state index in [0.717, 1.165) is 15.7 Å². The predicted molar refractivity (Wildman–Crippen MR) is 59.2 cm³/mol. The normalized spacial score (nSPS) is 10.4. The molecule has 0 saturated carbocycles. The maximum Gasteiger partial charge on any atom is 0.226 e. The molecule has 0 atom stereocenters. The average Bonchev–Trinajstić information content (AvgIpc) is 2.66. The Labute approximate surface area is 95.0 Å². The van der Waals surface area contributed by atoms with Crippen LogP contribution in [0.5, 0.6) is 0 Å². The van der Waals surface area contributed by atoms with Gasteiger partial charge in [0.15, 0.2) is 0 Å². The maximum atomic E-state index is 5.63. The Morgan fingerprint density at radius 2 is 2.29 bits per heavy atom. The van der Waals surface area contributed by atoms with Crippen molar-refractivity contribution < 1.29 is 4.42 Å². The standard InChI is InChI=1S/C10H7BrClNO/c11-8-3-1-2-7(4-8)10-13-9(5-12)6-14-10/h1-4,6H,5H2. The molecule has 72 valence electrons. The van der Waals surface area contributed by atoms with Crippen LogP contribution in [-0.2, 0) is 5.88 Å². The zero-order valence-electron chi connectivity index (χ0n) is 7.21. The van der Waals surface area contributed by atoms with Crippen molar-refractivity contribution in [2.75, 3.05) is 0 Å². The molecule has 0 N–H and O–H groups in total. The first-order valence-electron chi connectivity index (χ1n) is 4.06. The van der Waals surface area contributed by atoms with Gasteiger partial charge < -0.3 is 4.42 Å². The minimum Gasteiger partial charge on any atom is -0.444 e. The van der Waals surface area contributed by atoms with E-state index < -0.39 is 0 Å². The van der Waals surface area contributed by atoms with Gasteiger partial charge in [-0.25, -0.2) is 4.98 Å². The average molecular weight is 273 g/mol.